The number of carbonyl (C=O) groups is 1. The lowest BCUT2D eigenvalue weighted by molar-refractivity contribution is 0.102. The third kappa shape index (κ3) is 4.77. The molecule has 7 nitrogen and oxygen atoms in total. The minimum absolute atomic E-state index is 0.261. The van der Waals surface area contributed by atoms with E-state index in [2.05, 4.69) is 21.5 Å². The zero-order valence-corrected chi connectivity index (χ0v) is 16.6. The number of nitrogens with zero attached hydrogens (tertiary/aromatic N) is 4. The van der Waals surface area contributed by atoms with E-state index in [1.54, 1.807) is 47.4 Å². The molecule has 3 aromatic carbocycles. The number of rotatable bonds is 7. The Morgan fingerprint density at radius 3 is 2.65 bits per heavy atom. The maximum atomic E-state index is 13.0. The topological polar surface area (TPSA) is 92.8 Å². The summed E-state index contributed by atoms with van der Waals surface area (Å²) >= 11 is 0. The summed E-state index contributed by atoms with van der Waals surface area (Å²) in [7, 11) is 0. The van der Waals surface area contributed by atoms with Gasteiger partial charge in [-0.05, 0) is 29.8 Å². The molecule has 0 bridgehead atoms. The zero-order chi connectivity index (χ0) is 21.5. The van der Waals surface area contributed by atoms with Crippen molar-refractivity contribution >= 4 is 11.6 Å². The van der Waals surface area contributed by atoms with Crippen molar-refractivity contribution in [1.29, 1.82) is 5.26 Å². The summed E-state index contributed by atoms with van der Waals surface area (Å²) in [6.07, 6.45) is 3.10. The van der Waals surface area contributed by atoms with Crippen molar-refractivity contribution in [2.24, 2.45) is 0 Å². The van der Waals surface area contributed by atoms with Crippen LogP contribution in [0.5, 0.6) is 5.75 Å². The van der Waals surface area contributed by atoms with Crippen LogP contribution in [0.1, 0.15) is 15.9 Å². The molecule has 7 heteroatoms. The lowest BCUT2D eigenvalue weighted by Gasteiger charge is -2.12. The number of ether oxygens (including phenoxy) is 1. The van der Waals surface area contributed by atoms with Crippen LogP contribution in [0.3, 0.4) is 0 Å². The summed E-state index contributed by atoms with van der Waals surface area (Å²) in [6.45, 7) is 0.997. The lowest BCUT2D eigenvalue weighted by Crippen LogP contribution is -2.13. The van der Waals surface area contributed by atoms with Gasteiger partial charge in [0.05, 0.1) is 18.2 Å². The molecule has 0 atom stereocenters. The number of anilines is 1. The number of carbonyl (C=O) groups excluding carboxylic acids is 1. The smallest absolute Gasteiger partial charge is 0.256 e. The summed E-state index contributed by atoms with van der Waals surface area (Å²) in [5, 5.41) is 16.4. The molecule has 0 aliphatic rings. The predicted octanol–water partition coefficient (Wildman–Crippen LogP) is 4.15. The van der Waals surface area contributed by atoms with Crippen LogP contribution in [0.25, 0.3) is 11.1 Å². The molecule has 31 heavy (non-hydrogen) atoms. The van der Waals surface area contributed by atoms with Gasteiger partial charge in [-0.2, -0.15) is 10.4 Å². The molecule has 0 unspecified atom stereocenters. The van der Waals surface area contributed by atoms with Crippen molar-refractivity contribution in [3.63, 3.8) is 0 Å². The predicted molar refractivity (Wildman–Crippen MR) is 117 cm³/mol. The quantitative estimate of drug-likeness (QED) is 0.495. The first kappa shape index (κ1) is 19.9. The van der Waals surface area contributed by atoms with Gasteiger partial charge in [0.15, 0.2) is 0 Å². The van der Waals surface area contributed by atoms with Crippen LogP contribution in [0.2, 0.25) is 0 Å². The Balaban J connectivity index is 1.50. The Morgan fingerprint density at radius 1 is 1.03 bits per heavy atom. The van der Waals surface area contributed by atoms with Crippen LogP contribution >= 0.6 is 0 Å². The highest BCUT2D eigenvalue weighted by atomic mass is 16.5. The van der Waals surface area contributed by atoms with Gasteiger partial charge >= 0.3 is 0 Å². The van der Waals surface area contributed by atoms with Gasteiger partial charge in [-0.1, -0.05) is 42.5 Å². The molecule has 4 rings (SSSR count). The fraction of sp³-hybridized carbons (Fsp3) is 0.0833. The second-order valence-corrected chi connectivity index (χ2v) is 6.69. The van der Waals surface area contributed by atoms with Gasteiger partial charge in [0.1, 0.15) is 25.0 Å². The highest BCUT2D eigenvalue weighted by Gasteiger charge is 2.15. The van der Waals surface area contributed by atoms with Gasteiger partial charge in [-0.15, -0.1) is 0 Å². The van der Waals surface area contributed by atoms with Gasteiger partial charge in [0.25, 0.3) is 5.91 Å². The number of hydrogen-bond acceptors (Lipinski definition) is 5. The molecule has 0 spiro atoms. The molecule has 1 N–H and O–H groups in total. The number of nitrogens with one attached hydrogen (secondary N) is 1. The van der Waals surface area contributed by atoms with E-state index in [0.29, 0.717) is 41.3 Å². The molecule has 0 aliphatic heterocycles. The summed E-state index contributed by atoms with van der Waals surface area (Å²) < 4.78 is 7.44. The fourth-order valence-corrected chi connectivity index (χ4v) is 3.20. The Labute approximate surface area is 179 Å². The van der Waals surface area contributed by atoms with Gasteiger partial charge in [0, 0.05) is 22.9 Å². The SMILES string of the molecule is N#Cc1ccccc1-c1ccccc1C(=O)Nc1cccc(OCCn2cncn2)c1. The van der Waals surface area contributed by atoms with E-state index in [9.17, 15) is 10.1 Å². The van der Waals surface area contributed by atoms with E-state index in [4.69, 9.17) is 4.74 Å². The van der Waals surface area contributed by atoms with Crippen LogP contribution < -0.4 is 10.1 Å². The second kappa shape index (κ2) is 9.37. The first-order valence-electron chi connectivity index (χ1n) is 9.70. The Bertz CT molecular complexity index is 1230. The number of amides is 1. The summed E-state index contributed by atoms with van der Waals surface area (Å²) in [5.74, 6) is 0.379. The van der Waals surface area contributed by atoms with Crippen LogP contribution in [-0.2, 0) is 6.54 Å². The molecule has 1 amide bonds. The van der Waals surface area contributed by atoms with E-state index in [1.165, 1.54) is 6.33 Å². The lowest BCUT2D eigenvalue weighted by atomic mass is 9.95. The van der Waals surface area contributed by atoms with E-state index in [0.717, 1.165) is 5.56 Å². The monoisotopic (exact) mass is 409 g/mol. The molecule has 0 saturated heterocycles. The van der Waals surface area contributed by atoms with Crippen molar-refractivity contribution < 1.29 is 9.53 Å². The second-order valence-electron chi connectivity index (χ2n) is 6.69. The minimum atomic E-state index is -0.261. The fourth-order valence-electron chi connectivity index (χ4n) is 3.20. The van der Waals surface area contributed by atoms with Gasteiger partial charge in [-0.3, -0.25) is 4.79 Å². The van der Waals surface area contributed by atoms with E-state index in [1.807, 2.05) is 36.4 Å². The average molecular weight is 409 g/mol. The summed E-state index contributed by atoms with van der Waals surface area (Å²) in [4.78, 5) is 16.9. The zero-order valence-electron chi connectivity index (χ0n) is 16.6. The first-order chi connectivity index (χ1) is 15.2. The van der Waals surface area contributed by atoms with Crippen molar-refractivity contribution in [2.45, 2.75) is 6.54 Å². The third-order valence-corrected chi connectivity index (χ3v) is 4.66. The Morgan fingerprint density at radius 2 is 1.84 bits per heavy atom. The van der Waals surface area contributed by atoms with Crippen molar-refractivity contribution in [2.75, 3.05) is 11.9 Å². The molecule has 0 aliphatic carbocycles. The number of nitriles is 1. The van der Waals surface area contributed by atoms with E-state index < -0.39 is 0 Å². The largest absolute Gasteiger partial charge is 0.492 e. The van der Waals surface area contributed by atoms with Crippen LogP contribution in [0, 0.1) is 11.3 Å². The molecule has 0 radical (unpaired) electrons. The van der Waals surface area contributed by atoms with Gasteiger partial charge < -0.3 is 10.1 Å². The molecule has 4 aromatic rings. The molecular weight excluding hydrogens is 390 g/mol. The molecule has 1 heterocycles. The Kier molecular flexibility index (Phi) is 6.00. The highest BCUT2D eigenvalue weighted by Crippen LogP contribution is 2.28. The van der Waals surface area contributed by atoms with Crippen molar-refractivity contribution in [1.82, 2.24) is 14.8 Å². The van der Waals surface area contributed by atoms with Crippen molar-refractivity contribution in [3.05, 3.63) is 96.6 Å². The van der Waals surface area contributed by atoms with Gasteiger partial charge in [0.2, 0.25) is 0 Å². The molecule has 0 fully saturated rings. The highest BCUT2D eigenvalue weighted by molar-refractivity contribution is 6.09. The number of benzene rings is 3. The average Bonchev–Trinajstić information content (AvgIpc) is 3.33. The molecule has 0 saturated carbocycles. The molecular formula is C24H19N5O2. The van der Waals surface area contributed by atoms with Crippen molar-refractivity contribution in [3.8, 4) is 22.9 Å². The number of aromatic nitrogens is 3. The normalized spacial score (nSPS) is 10.3. The Hall–Kier alpha value is -4.44. The first-order valence-corrected chi connectivity index (χ1v) is 9.70. The van der Waals surface area contributed by atoms with E-state index >= 15 is 0 Å². The molecule has 1 aromatic heterocycles. The van der Waals surface area contributed by atoms with Crippen LogP contribution in [0.15, 0.2) is 85.5 Å². The standard InChI is InChI=1S/C24H19N5O2/c25-15-18-6-1-2-9-21(18)22-10-3-4-11-23(22)24(30)28-19-7-5-8-20(14-19)31-13-12-29-17-26-16-27-29/h1-11,14,16-17H,12-13H2,(H,28,30). The third-order valence-electron chi connectivity index (χ3n) is 4.66. The summed E-state index contributed by atoms with van der Waals surface area (Å²) in [6, 6.07) is 23.9. The maximum Gasteiger partial charge on any atom is 0.256 e. The summed E-state index contributed by atoms with van der Waals surface area (Å²) in [5.41, 5.74) is 3.05. The minimum Gasteiger partial charge on any atom is -0.492 e. The number of hydrogen-bond donors (Lipinski definition) is 1. The van der Waals surface area contributed by atoms with Crippen LogP contribution in [0.4, 0.5) is 5.69 Å². The van der Waals surface area contributed by atoms with E-state index in [-0.39, 0.29) is 5.91 Å². The maximum absolute atomic E-state index is 13.0. The molecule has 152 valence electrons. The van der Waals surface area contributed by atoms with Crippen LogP contribution in [-0.4, -0.2) is 27.3 Å². The van der Waals surface area contributed by atoms with Gasteiger partial charge in [-0.25, -0.2) is 9.67 Å².